The molecule has 4 nitrogen and oxygen atoms in total. The first-order valence-corrected chi connectivity index (χ1v) is 9.95. The van der Waals surface area contributed by atoms with Crippen molar-refractivity contribution in [1.82, 2.24) is 4.72 Å². The summed E-state index contributed by atoms with van der Waals surface area (Å²) in [4.78, 5) is 2.26. The Bertz CT molecular complexity index is 734. The monoisotopic (exact) mass is 346 g/mol. The van der Waals surface area contributed by atoms with Crippen molar-refractivity contribution >= 4 is 15.7 Å². The highest BCUT2D eigenvalue weighted by atomic mass is 32.2. The van der Waals surface area contributed by atoms with E-state index in [0.717, 1.165) is 35.5 Å². The predicted molar refractivity (Wildman–Crippen MR) is 101 cm³/mol. The fourth-order valence-electron chi connectivity index (χ4n) is 2.56. The second-order valence-electron chi connectivity index (χ2n) is 5.90. The van der Waals surface area contributed by atoms with Crippen molar-refractivity contribution in [2.24, 2.45) is 0 Å². The van der Waals surface area contributed by atoms with Crippen LogP contribution in [0.4, 0.5) is 5.69 Å². The number of sulfonamides is 1. The summed E-state index contributed by atoms with van der Waals surface area (Å²) in [5.74, 6) is 0.00477. The van der Waals surface area contributed by atoms with Gasteiger partial charge in [-0.1, -0.05) is 42.0 Å². The lowest BCUT2D eigenvalue weighted by atomic mass is 10.2. The molecule has 0 saturated heterocycles. The molecule has 0 aliphatic rings. The molecule has 24 heavy (non-hydrogen) atoms. The zero-order valence-corrected chi connectivity index (χ0v) is 15.4. The Hall–Kier alpha value is -1.85. The third kappa shape index (κ3) is 5.35. The first-order chi connectivity index (χ1) is 11.4. The van der Waals surface area contributed by atoms with Gasteiger partial charge in [0.05, 0.1) is 5.75 Å². The van der Waals surface area contributed by atoms with Gasteiger partial charge >= 0.3 is 0 Å². The Morgan fingerprint density at radius 1 is 0.875 bits per heavy atom. The van der Waals surface area contributed by atoms with Crippen LogP contribution in [0.5, 0.6) is 0 Å². The molecule has 0 heterocycles. The van der Waals surface area contributed by atoms with Gasteiger partial charge in [-0.25, -0.2) is 13.1 Å². The number of aryl methyl sites for hydroxylation is 1. The Morgan fingerprint density at radius 3 is 1.96 bits per heavy atom. The van der Waals surface area contributed by atoms with Gasteiger partial charge in [-0.3, -0.25) is 0 Å². The lowest BCUT2D eigenvalue weighted by Gasteiger charge is -2.21. The highest BCUT2D eigenvalue weighted by Crippen LogP contribution is 2.15. The van der Waals surface area contributed by atoms with Crippen molar-refractivity contribution in [2.45, 2.75) is 33.1 Å². The molecule has 5 heteroatoms. The van der Waals surface area contributed by atoms with Crippen LogP contribution in [0.25, 0.3) is 0 Å². The summed E-state index contributed by atoms with van der Waals surface area (Å²) in [6.07, 6.45) is 0. The van der Waals surface area contributed by atoms with Crippen LogP contribution in [0.15, 0.2) is 48.5 Å². The fourth-order valence-corrected chi connectivity index (χ4v) is 3.68. The molecule has 0 spiro atoms. The standard InChI is InChI=1S/C19H26N2O2S/c1-4-21(5-2)19-12-10-17(11-13-19)14-20-24(22,23)15-18-8-6-16(3)7-9-18/h6-13,20H,4-5,14-15H2,1-3H3. The van der Waals surface area contributed by atoms with Gasteiger partial charge in [0.2, 0.25) is 10.0 Å². The van der Waals surface area contributed by atoms with Crippen LogP contribution < -0.4 is 9.62 Å². The van der Waals surface area contributed by atoms with E-state index in [-0.39, 0.29) is 5.75 Å². The molecule has 2 rings (SSSR count). The number of anilines is 1. The van der Waals surface area contributed by atoms with Gasteiger partial charge in [0.25, 0.3) is 0 Å². The Balaban J connectivity index is 1.95. The number of benzene rings is 2. The van der Waals surface area contributed by atoms with E-state index in [4.69, 9.17) is 0 Å². The van der Waals surface area contributed by atoms with Gasteiger partial charge in [-0.15, -0.1) is 0 Å². The molecular weight excluding hydrogens is 320 g/mol. The van der Waals surface area contributed by atoms with Gasteiger partial charge in [0, 0.05) is 25.3 Å². The molecule has 2 aromatic rings. The lowest BCUT2D eigenvalue weighted by Crippen LogP contribution is -2.25. The van der Waals surface area contributed by atoms with E-state index < -0.39 is 10.0 Å². The Morgan fingerprint density at radius 2 is 1.42 bits per heavy atom. The number of hydrogen-bond donors (Lipinski definition) is 1. The molecule has 0 unspecified atom stereocenters. The summed E-state index contributed by atoms with van der Waals surface area (Å²) in [5.41, 5.74) is 4.03. The summed E-state index contributed by atoms with van der Waals surface area (Å²) in [7, 11) is -3.34. The molecule has 2 aromatic carbocycles. The van der Waals surface area contributed by atoms with Crippen molar-refractivity contribution in [2.75, 3.05) is 18.0 Å². The van der Waals surface area contributed by atoms with Crippen molar-refractivity contribution in [3.8, 4) is 0 Å². The third-order valence-electron chi connectivity index (χ3n) is 4.04. The summed E-state index contributed by atoms with van der Waals surface area (Å²) in [5, 5.41) is 0. The topological polar surface area (TPSA) is 49.4 Å². The van der Waals surface area contributed by atoms with E-state index in [0.29, 0.717) is 6.54 Å². The molecule has 0 atom stereocenters. The van der Waals surface area contributed by atoms with Crippen LogP contribution in [0.1, 0.15) is 30.5 Å². The maximum absolute atomic E-state index is 12.2. The van der Waals surface area contributed by atoms with E-state index in [1.165, 1.54) is 0 Å². The smallest absolute Gasteiger partial charge is 0.216 e. The third-order valence-corrected chi connectivity index (χ3v) is 5.34. The van der Waals surface area contributed by atoms with E-state index in [2.05, 4.69) is 23.5 Å². The molecule has 0 radical (unpaired) electrons. The highest BCUT2D eigenvalue weighted by Gasteiger charge is 2.11. The van der Waals surface area contributed by atoms with Gasteiger partial charge in [0.1, 0.15) is 0 Å². The van der Waals surface area contributed by atoms with Crippen LogP contribution in [0.2, 0.25) is 0 Å². The predicted octanol–water partition coefficient (Wildman–Crippen LogP) is 3.46. The molecule has 0 bridgehead atoms. The zero-order valence-electron chi connectivity index (χ0n) is 14.6. The van der Waals surface area contributed by atoms with E-state index in [1.807, 2.05) is 55.5 Å². The number of nitrogens with one attached hydrogen (secondary N) is 1. The van der Waals surface area contributed by atoms with Crippen LogP contribution in [0.3, 0.4) is 0 Å². The van der Waals surface area contributed by atoms with Gasteiger partial charge < -0.3 is 4.90 Å². The van der Waals surface area contributed by atoms with Crippen LogP contribution in [0, 0.1) is 6.92 Å². The Kier molecular flexibility index (Phi) is 6.40. The second-order valence-corrected chi connectivity index (χ2v) is 7.71. The van der Waals surface area contributed by atoms with E-state index in [1.54, 1.807) is 0 Å². The van der Waals surface area contributed by atoms with Gasteiger partial charge in [-0.05, 0) is 44.0 Å². The van der Waals surface area contributed by atoms with Crippen molar-refractivity contribution in [3.05, 3.63) is 65.2 Å². The minimum Gasteiger partial charge on any atom is -0.372 e. The summed E-state index contributed by atoms with van der Waals surface area (Å²) in [6.45, 7) is 8.45. The number of hydrogen-bond acceptors (Lipinski definition) is 3. The second kappa shape index (κ2) is 8.31. The summed E-state index contributed by atoms with van der Waals surface area (Å²) in [6, 6.07) is 15.6. The van der Waals surface area contributed by atoms with Gasteiger partial charge in [-0.2, -0.15) is 0 Å². The maximum atomic E-state index is 12.2. The quantitative estimate of drug-likeness (QED) is 0.796. The lowest BCUT2D eigenvalue weighted by molar-refractivity contribution is 0.580. The average molecular weight is 346 g/mol. The molecule has 0 saturated carbocycles. The zero-order chi connectivity index (χ0) is 17.6. The van der Waals surface area contributed by atoms with E-state index in [9.17, 15) is 8.42 Å². The average Bonchev–Trinajstić information content (AvgIpc) is 2.57. The minimum atomic E-state index is -3.34. The molecule has 0 aliphatic heterocycles. The fraction of sp³-hybridized carbons (Fsp3) is 0.368. The van der Waals surface area contributed by atoms with Crippen molar-refractivity contribution < 1.29 is 8.42 Å². The molecule has 0 fully saturated rings. The number of nitrogens with zero attached hydrogens (tertiary/aromatic N) is 1. The minimum absolute atomic E-state index is 0.00477. The Labute approximate surface area is 145 Å². The van der Waals surface area contributed by atoms with Gasteiger partial charge in [0.15, 0.2) is 0 Å². The molecule has 1 N–H and O–H groups in total. The largest absolute Gasteiger partial charge is 0.372 e. The highest BCUT2D eigenvalue weighted by molar-refractivity contribution is 7.88. The first-order valence-electron chi connectivity index (χ1n) is 8.30. The number of rotatable bonds is 8. The summed E-state index contributed by atoms with van der Waals surface area (Å²) >= 11 is 0. The first kappa shape index (κ1) is 18.5. The van der Waals surface area contributed by atoms with Crippen LogP contribution in [-0.2, 0) is 22.3 Å². The summed E-state index contributed by atoms with van der Waals surface area (Å²) < 4.78 is 27.1. The maximum Gasteiger partial charge on any atom is 0.216 e. The normalized spacial score (nSPS) is 11.5. The molecule has 0 aromatic heterocycles. The SMILES string of the molecule is CCN(CC)c1ccc(CNS(=O)(=O)Cc2ccc(C)cc2)cc1. The molecule has 130 valence electrons. The van der Waals surface area contributed by atoms with Crippen molar-refractivity contribution in [1.29, 1.82) is 0 Å². The van der Waals surface area contributed by atoms with Crippen LogP contribution in [-0.4, -0.2) is 21.5 Å². The molecule has 0 amide bonds. The molecule has 0 aliphatic carbocycles. The van der Waals surface area contributed by atoms with E-state index >= 15 is 0 Å². The van der Waals surface area contributed by atoms with Crippen molar-refractivity contribution in [3.63, 3.8) is 0 Å². The van der Waals surface area contributed by atoms with Crippen LogP contribution >= 0.6 is 0 Å². The molecular formula is C19H26N2O2S.